The first-order valence-electron chi connectivity index (χ1n) is 15.9. The number of phenols is 2. The first kappa shape index (κ1) is 33.6. The molecule has 6 heteroatoms. The second-order valence-electron chi connectivity index (χ2n) is 15.5. The van der Waals surface area contributed by atoms with Crippen LogP contribution in [0.3, 0.4) is 0 Å². The Labute approximate surface area is 262 Å². The molecule has 0 saturated heterocycles. The first-order chi connectivity index (χ1) is 20.3. The van der Waals surface area contributed by atoms with Gasteiger partial charge in [-0.25, -0.2) is 0 Å². The number of Topliss-reactive ketones (excluding diaryl/α,β-unsaturated/α-hetero) is 4. The molecule has 3 aliphatic carbocycles. The zero-order chi connectivity index (χ0) is 33.2. The molecular weight excluding hydrogens is 552 g/mol. The zero-order valence-electron chi connectivity index (χ0n) is 28.0. The molecule has 4 rings (SSSR count). The maximum Gasteiger partial charge on any atom is 0.181 e. The van der Waals surface area contributed by atoms with Crippen molar-refractivity contribution in [3.8, 4) is 11.5 Å². The van der Waals surface area contributed by atoms with Crippen molar-refractivity contribution in [1.29, 1.82) is 0 Å². The summed E-state index contributed by atoms with van der Waals surface area (Å²) in [6.07, 6.45) is 6.13. The van der Waals surface area contributed by atoms with Crippen molar-refractivity contribution in [2.24, 2.45) is 45.3 Å². The number of hydrogen-bond donors (Lipinski definition) is 2. The highest BCUT2D eigenvalue weighted by atomic mass is 16.3. The minimum absolute atomic E-state index is 0.0326. The summed E-state index contributed by atoms with van der Waals surface area (Å²) in [6.45, 7) is 22.3. The molecule has 0 spiro atoms. The van der Waals surface area contributed by atoms with Crippen molar-refractivity contribution < 1.29 is 29.4 Å². The zero-order valence-corrected chi connectivity index (χ0v) is 28.0. The Morgan fingerprint density at radius 1 is 0.909 bits per heavy atom. The smallest absolute Gasteiger partial charge is 0.181 e. The fourth-order valence-corrected chi connectivity index (χ4v) is 8.65. The van der Waals surface area contributed by atoms with Crippen LogP contribution in [-0.2, 0) is 14.4 Å². The van der Waals surface area contributed by atoms with Gasteiger partial charge in [-0.2, -0.15) is 0 Å². The van der Waals surface area contributed by atoms with Gasteiger partial charge in [0.05, 0.1) is 10.8 Å². The summed E-state index contributed by atoms with van der Waals surface area (Å²) >= 11 is 0. The number of hydrogen-bond acceptors (Lipinski definition) is 6. The van der Waals surface area contributed by atoms with E-state index < -0.39 is 51.0 Å². The third-order valence-electron chi connectivity index (χ3n) is 11.8. The molecule has 2 N–H and O–H groups in total. The van der Waals surface area contributed by atoms with E-state index in [0.29, 0.717) is 6.42 Å². The van der Waals surface area contributed by atoms with Crippen molar-refractivity contribution in [2.45, 2.75) is 94.4 Å². The van der Waals surface area contributed by atoms with Gasteiger partial charge in [-0.3, -0.25) is 19.2 Å². The van der Waals surface area contributed by atoms with Gasteiger partial charge in [0, 0.05) is 5.56 Å². The average molecular weight is 603 g/mol. The van der Waals surface area contributed by atoms with Crippen LogP contribution in [0.4, 0.5) is 0 Å². The summed E-state index contributed by atoms with van der Waals surface area (Å²) in [5.74, 6) is -4.77. The van der Waals surface area contributed by atoms with Crippen LogP contribution < -0.4 is 0 Å². The van der Waals surface area contributed by atoms with Gasteiger partial charge >= 0.3 is 0 Å². The van der Waals surface area contributed by atoms with Crippen LogP contribution >= 0.6 is 0 Å². The van der Waals surface area contributed by atoms with Crippen LogP contribution in [0.5, 0.6) is 11.5 Å². The van der Waals surface area contributed by atoms with Gasteiger partial charge in [0.2, 0.25) is 0 Å². The van der Waals surface area contributed by atoms with Crippen molar-refractivity contribution >= 4 is 23.1 Å². The van der Waals surface area contributed by atoms with Crippen molar-refractivity contribution in [3.63, 3.8) is 0 Å². The Morgan fingerprint density at radius 3 is 2.05 bits per heavy atom. The third-order valence-corrected chi connectivity index (χ3v) is 11.8. The summed E-state index contributed by atoms with van der Waals surface area (Å²) in [7, 11) is 0. The van der Waals surface area contributed by atoms with Gasteiger partial charge in [0.1, 0.15) is 5.92 Å². The van der Waals surface area contributed by atoms with E-state index in [-0.39, 0.29) is 53.8 Å². The Bertz CT molecular complexity index is 1480. The van der Waals surface area contributed by atoms with E-state index in [1.165, 1.54) is 12.1 Å². The van der Waals surface area contributed by atoms with E-state index in [0.717, 1.165) is 29.2 Å². The molecule has 0 radical (unpaired) electrons. The number of fused-ring (bicyclic) bond motifs is 2. The molecule has 0 aliphatic heterocycles. The molecule has 1 aromatic rings. The Balaban J connectivity index is 1.98. The van der Waals surface area contributed by atoms with Gasteiger partial charge in [-0.1, -0.05) is 63.1 Å². The molecule has 2 bridgehead atoms. The van der Waals surface area contributed by atoms with Crippen LogP contribution in [0.1, 0.15) is 105 Å². The van der Waals surface area contributed by atoms with E-state index >= 15 is 4.79 Å². The highest BCUT2D eigenvalue weighted by Gasteiger charge is 2.76. The number of allylic oxidation sites excluding steroid dienone is 5. The molecule has 44 heavy (non-hydrogen) atoms. The largest absolute Gasteiger partial charge is 0.504 e. The number of benzene rings is 1. The van der Waals surface area contributed by atoms with E-state index in [1.54, 1.807) is 0 Å². The molecule has 0 aromatic heterocycles. The monoisotopic (exact) mass is 602 g/mol. The number of carbonyl (C=O) groups excluding carboxylic acids is 4. The van der Waals surface area contributed by atoms with Gasteiger partial charge < -0.3 is 10.2 Å². The Hall–Kier alpha value is -3.28. The number of phenolic OH excluding ortho intramolecular Hbond substituents is 2. The minimum atomic E-state index is -1.67. The molecule has 6 unspecified atom stereocenters. The lowest BCUT2D eigenvalue weighted by Gasteiger charge is -2.63. The maximum absolute atomic E-state index is 15.2. The molecule has 3 aliphatic rings. The van der Waals surface area contributed by atoms with E-state index in [2.05, 4.69) is 26.5 Å². The molecule has 3 saturated carbocycles. The van der Waals surface area contributed by atoms with Crippen LogP contribution in [0.15, 0.2) is 53.6 Å². The van der Waals surface area contributed by atoms with Crippen LogP contribution in [0, 0.1) is 45.3 Å². The molecule has 1 aromatic carbocycles. The summed E-state index contributed by atoms with van der Waals surface area (Å²) in [6, 6.07) is 3.58. The molecule has 0 amide bonds. The van der Waals surface area contributed by atoms with Crippen molar-refractivity contribution in [2.75, 3.05) is 0 Å². The molecule has 3 fully saturated rings. The summed E-state index contributed by atoms with van der Waals surface area (Å²) in [5, 5.41) is 20.1. The van der Waals surface area contributed by atoms with Crippen molar-refractivity contribution in [3.05, 3.63) is 59.2 Å². The molecule has 6 nitrogen and oxygen atoms in total. The normalized spacial score (nSPS) is 32.0. The van der Waals surface area contributed by atoms with Gasteiger partial charge in [-0.05, 0) is 114 Å². The van der Waals surface area contributed by atoms with Gasteiger partial charge in [0.15, 0.2) is 34.6 Å². The number of rotatable bonds is 9. The standard InChI is InChI=1S/C38H50O6/c1-21(2)11-13-25-19-37(20-26-18-27(23(5)6)35(26,7)8)32(42)30(31(41)24-12-14-28(39)29(40)17-24)33(43)38(34(37)44,36(25,9)10)16-15-22(3)4/h11-12,14-15,17,25-27,30,39-40H,5,13,16,18-20H2,1-4,6-10H3. The number of ketones is 4. The first-order valence-corrected chi connectivity index (χ1v) is 15.9. The lowest BCUT2D eigenvalue weighted by molar-refractivity contribution is -0.187. The van der Waals surface area contributed by atoms with Crippen molar-refractivity contribution in [1.82, 2.24) is 0 Å². The highest BCUT2D eigenvalue weighted by Crippen LogP contribution is 2.68. The molecule has 0 heterocycles. The van der Waals surface area contributed by atoms with E-state index in [1.807, 2.05) is 54.5 Å². The quantitative estimate of drug-likeness (QED) is 0.128. The Kier molecular flexibility index (Phi) is 8.60. The summed E-state index contributed by atoms with van der Waals surface area (Å²) in [5.41, 5.74) is -1.04. The molecule has 6 atom stereocenters. The fraction of sp³-hybridized carbons (Fsp3) is 0.579. The fourth-order valence-electron chi connectivity index (χ4n) is 8.65. The maximum atomic E-state index is 15.2. The lowest BCUT2D eigenvalue weighted by atomic mass is 9.36. The van der Waals surface area contributed by atoms with Crippen LogP contribution in [0.2, 0.25) is 0 Å². The third kappa shape index (κ3) is 4.93. The van der Waals surface area contributed by atoms with E-state index in [4.69, 9.17) is 0 Å². The van der Waals surface area contributed by atoms with Gasteiger partial charge in [-0.15, -0.1) is 0 Å². The Morgan fingerprint density at radius 2 is 1.52 bits per heavy atom. The predicted octanol–water partition coefficient (Wildman–Crippen LogP) is 7.98. The highest BCUT2D eigenvalue weighted by molar-refractivity contribution is 6.38. The van der Waals surface area contributed by atoms with E-state index in [9.17, 15) is 24.6 Å². The topological polar surface area (TPSA) is 109 Å². The molecular formula is C38H50O6. The van der Waals surface area contributed by atoms with Crippen LogP contribution in [0.25, 0.3) is 0 Å². The van der Waals surface area contributed by atoms with Gasteiger partial charge in [0.25, 0.3) is 0 Å². The number of aromatic hydroxyl groups is 2. The predicted molar refractivity (Wildman–Crippen MR) is 172 cm³/mol. The summed E-state index contributed by atoms with van der Waals surface area (Å²) in [4.78, 5) is 59.2. The molecule has 238 valence electrons. The summed E-state index contributed by atoms with van der Waals surface area (Å²) < 4.78 is 0. The SMILES string of the molecule is C=C(C)C1CC(CC23CC(CC=C(C)C)C(C)(C)C(CC=C(C)C)(C(=O)C(C(=O)c4ccc(O)c(O)c4)C2=O)C3=O)C1(C)C. The minimum Gasteiger partial charge on any atom is -0.504 e. The average Bonchev–Trinajstić information content (AvgIpc) is 2.91. The second kappa shape index (κ2) is 11.3. The second-order valence-corrected chi connectivity index (χ2v) is 15.5. The lowest BCUT2D eigenvalue weighted by Crippen LogP contribution is -2.73. The van der Waals surface area contributed by atoms with Crippen LogP contribution in [-0.4, -0.2) is 33.3 Å². The number of carbonyl (C=O) groups is 4.